The van der Waals surface area contributed by atoms with Gasteiger partial charge in [-0.25, -0.2) is 9.97 Å². The van der Waals surface area contributed by atoms with Gasteiger partial charge in [-0.05, 0) is 54.2 Å². The number of hydrogen-bond acceptors (Lipinski definition) is 3. The Morgan fingerprint density at radius 2 is 2.06 bits per heavy atom. The van der Waals surface area contributed by atoms with Gasteiger partial charge in [-0.3, -0.25) is 0 Å². The Kier molecular flexibility index (Phi) is 4.22. The van der Waals surface area contributed by atoms with Gasteiger partial charge in [0.05, 0.1) is 9.26 Å². The van der Waals surface area contributed by atoms with Crippen LogP contribution in [0.5, 0.6) is 0 Å². The van der Waals surface area contributed by atoms with Gasteiger partial charge in [0.25, 0.3) is 0 Å². The molecule has 1 heterocycles. The molecule has 3 nitrogen and oxygen atoms in total. The van der Waals surface area contributed by atoms with Crippen molar-refractivity contribution >= 4 is 28.4 Å². The Hall–Kier alpha value is -0.390. The third kappa shape index (κ3) is 3.30. The average molecular weight is 345 g/mol. The minimum atomic E-state index is 0.459. The number of anilines is 1. The second kappa shape index (κ2) is 5.50. The maximum Gasteiger partial charge on any atom is 0.143 e. The Morgan fingerprint density at radius 1 is 1.35 bits per heavy atom. The van der Waals surface area contributed by atoms with Crippen molar-refractivity contribution < 1.29 is 0 Å². The van der Waals surface area contributed by atoms with Crippen molar-refractivity contribution in [2.24, 2.45) is 5.92 Å². The largest absolute Gasteiger partial charge is 0.369 e. The predicted octanol–water partition coefficient (Wildman–Crippen LogP) is 3.59. The number of hydrogen-bond donors (Lipinski definition) is 1. The van der Waals surface area contributed by atoms with Crippen LogP contribution < -0.4 is 5.32 Å². The molecule has 1 aromatic heterocycles. The lowest BCUT2D eigenvalue weighted by Crippen LogP contribution is -2.11. The highest BCUT2D eigenvalue weighted by Gasteiger charge is 2.24. The third-order valence-electron chi connectivity index (χ3n) is 2.98. The summed E-state index contributed by atoms with van der Waals surface area (Å²) in [6.45, 7) is 7.41. The first-order valence-electron chi connectivity index (χ1n) is 6.42. The molecule has 1 fully saturated rings. The van der Waals surface area contributed by atoms with E-state index in [1.54, 1.807) is 0 Å². The Bertz CT molecular complexity index is 400. The summed E-state index contributed by atoms with van der Waals surface area (Å²) in [7, 11) is 0. The van der Waals surface area contributed by atoms with Crippen LogP contribution in [0.2, 0.25) is 0 Å². The van der Waals surface area contributed by atoms with Gasteiger partial charge in [-0.1, -0.05) is 13.8 Å². The monoisotopic (exact) mass is 345 g/mol. The van der Waals surface area contributed by atoms with E-state index in [1.807, 2.05) is 0 Å². The topological polar surface area (TPSA) is 37.8 Å². The van der Waals surface area contributed by atoms with E-state index in [-0.39, 0.29) is 0 Å². The minimum Gasteiger partial charge on any atom is -0.369 e. The first kappa shape index (κ1) is 13.1. The van der Waals surface area contributed by atoms with Crippen LogP contribution in [-0.4, -0.2) is 16.5 Å². The molecule has 0 radical (unpaired) electrons. The predicted molar refractivity (Wildman–Crippen MR) is 79.4 cm³/mol. The fraction of sp³-hybridized carbons (Fsp3) is 0.692. The Morgan fingerprint density at radius 3 is 2.59 bits per heavy atom. The molecule has 0 spiro atoms. The quantitative estimate of drug-likeness (QED) is 0.829. The van der Waals surface area contributed by atoms with E-state index in [0.29, 0.717) is 5.92 Å². The fourth-order valence-electron chi connectivity index (χ4n) is 1.85. The lowest BCUT2D eigenvalue weighted by atomic mass is 10.1. The molecule has 0 atom stereocenters. The van der Waals surface area contributed by atoms with Crippen molar-refractivity contribution in [3.8, 4) is 0 Å². The molecular weight excluding hydrogens is 325 g/mol. The van der Waals surface area contributed by atoms with Crippen molar-refractivity contribution in [1.29, 1.82) is 0 Å². The smallest absolute Gasteiger partial charge is 0.143 e. The van der Waals surface area contributed by atoms with Crippen LogP contribution in [0.1, 0.15) is 51.0 Å². The standard InChI is InChI=1S/C13H20IN3/c1-4-15-13-11(14)12(8(2)3)16-10(17-13)7-9-5-6-9/h8-9H,4-7H2,1-3H3,(H,15,16,17). The maximum atomic E-state index is 4.74. The summed E-state index contributed by atoms with van der Waals surface area (Å²) in [5, 5.41) is 3.35. The number of halogens is 1. The maximum absolute atomic E-state index is 4.74. The molecule has 0 aromatic carbocycles. The van der Waals surface area contributed by atoms with E-state index in [2.05, 4.69) is 53.7 Å². The van der Waals surface area contributed by atoms with Crippen LogP contribution >= 0.6 is 22.6 Å². The summed E-state index contributed by atoms with van der Waals surface area (Å²) in [6.07, 6.45) is 3.75. The number of aromatic nitrogens is 2. The lowest BCUT2D eigenvalue weighted by molar-refractivity contribution is 0.729. The van der Waals surface area contributed by atoms with Crippen LogP contribution in [0.15, 0.2) is 0 Å². The molecule has 2 rings (SSSR count). The molecule has 17 heavy (non-hydrogen) atoms. The van der Waals surface area contributed by atoms with Crippen LogP contribution in [-0.2, 0) is 6.42 Å². The number of nitrogens with one attached hydrogen (secondary N) is 1. The SMILES string of the molecule is CCNc1nc(CC2CC2)nc(C(C)C)c1I. The van der Waals surface area contributed by atoms with Gasteiger partial charge in [-0.2, -0.15) is 0 Å². The van der Waals surface area contributed by atoms with Crippen LogP contribution in [0, 0.1) is 9.49 Å². The van der Waals surface area contributed by atoms with Crippen LogP contribution in [0.25, 0.3) is 0 Å². The molecule has 0 unspecified atom stereocenters. The van der Waals surface area contributed by atoms with Crippen LogP contribution in [0.4, 0.5) is 5.82 Å². The summed E-state index contributed by atoms with van der Waals surface area (Å²) < 4.78 is 1.18. The Balaban J connectivity index is 2.32. The molecule has 1 aromatic rings. The van der Waals surface area contributed by atoms with E-state index in [4.69, 9.17) is 4.98 Å². The third-order valence-corrected chi connectivity index (χ3v) is 4.05. The summed E-state index contributed by atoms with van der Waals surface area (Å²) >= 11 is 2.36. The van der Waals surface area contributed by atoms with E-state index in [1.165, 1.54) is 22.1 Å². The highest BCUT2D eigenvalue weighted by Crippen LogP contribution is 2.33. The molecule has 1 saturated carbocycles. The van der Waals surface area contributed by atoms with E-state index in [0.717, 1.165) is 30.5 Å². The van der Waals surface area contributed by atoms with Gasteiger partial charge in [0.1, 0.15) is 11.6 Å². The van der Waals surface area contributed by atoms with Crippen molar-refractivity contribution in [1.82, 2.24) is 9.97 Å². The van der Waals surface area contributed by atoms with Gasteiger partial charge < -0.3 is 5.32 Å². The lowest BCUT2D eigenvalue weighted by Gasteiger charge is -2.14. The van der Waals surface area contributed by atoms with E-state index in [9.17, 15) is 0 Å². The second-order valence-corrected chi connectivity index (χ2v) is 6.10. The number of nitrogens with zero attached hydrogens (tertiary/aromatic N) is 2. The van der Waals surface area contributed by atoms with Crippen molar-refractivity contribution in [3.63, 3.8) is 0 Å². The molecule has 94 valence electrons. The molecule has 4 heteroatoms. The normalized spacial score (nSPS) is 15.4. The van der Waals surface area contributed by atoms with Gasteiger partial charge >= 0.3 is 0 Å². The molecule has 0 saturated heterocycles. The average Bonchev–Trinajstić information content (AvgIpc) is 3.06. The van der Waals surface area contributed by atoms with Crippen molar-refractivity contribution in [2.45, 2.75) is 46.0 Å². The van der Waals surface area contributed by atoms with E-state index < -0.39 is 0 Å². The van der Waals surface area contributed by atoms with Crippen LogP contribution in [0.3, 0.4) is 0 Å². The van der Waals surface area contributed by atoms with Crippen molar-refractivity contribution in [2.75, 3.05) is 11.9 Å². The highest BCUT2D eigenvalue weighted by atomic mass is 127. The van der Waals surface area contributed by atoms with Crippen molar-refractivity contribution in [3.05, 3.63) is 15.1 Å². The molecule has 1 aliphatic carbocycles. The zero-order valence-electron chi connectivity index (χ0n) is 10.8. The van der Waals surface area contributed by atoms with Gasteiger partial charge in [0.2, 0.25) is 0 Å². The van der Waals surface area contributed by atoms with Gasteiger partial charge in [-0.15, -0.1) is 0 Å². The summed E-state index contributed by atoms with van der Waals surface area (Å²) in [5.74, 6) is 3.33. The van der Waals surface area contributed by atoms with Gasteiger partial charge in [0, 0.05) is 13.0 Å². The molecule has 0 amide bonds. The summed E-state index contributed by atoms with van der Waals surface area (Å²) in [5.41, 5.74) is 1.19. The second-order valence-electron chi connectivity index (χ2n) is 5.02. The summed E-state index contributed by atoms with van der Waals surface area (Å²) in [4.78, 5) is 9.39. The highest BCUT2D eigenvalue weighted by molar-refractivity contribution is 14.1. The zero-order valence-corrected chi connectivity index (χ0v) is 12.9. The summed E-state index contributed by atoms with van der Waals surface area (Å²) in [6, 6.07) is 0. The molecule has 1 aliphatic rings. The van der Waals surface area contributed by atoms with E-state index >= 15 is 0 Å². The fourth-order valence-corrected chi connectivity index (χ4v) is 2.91. The zero-order chi connectivity index (χ0) is 12.4. The molecule has 0 aliphatic heterocycles. The minimum absolute atomic E-state index is 0.459. The molecule has 0 bridgehead atoms. The number of rotatable bonds is 5. The Labute approximate surface area is 117 Å². The first-order chi connectivity index (χ1) is 8.11. The van der Waals surface area contributed by atoms with Gasteiger partial charge in [0.15, 0.2) is 0 Å². The molecular formula is C13H20IN3. The molecule has 1 N–H and O–H groups in total. The first-order valence-corrected chi connectivity index (χ1v) is 7.49.